The lowest BCUT2D eigenvalue weighted by Crippen LogP contribution is -2.10. The maximum Gasteiger partial charge on any atom is 0.129 e. The van der Waals surface area contributed by atoms with Gasteiger partial charge in [-0.3, -0.25) is 0 Å². The summed E-state index contributed by atoms with van der Waals surface area (Å²) in [4.78, 5) is 15.5. The molecular formula is C11H16N6. The number of nitrogens with zero attached hydrogens (tertiary/aromatic N) is 3. The minimum absolute atomic E-state index is 0.429. The van der Waals surface area contributed by atoms with Gasteiger partial charge in [0, 0.05) is 37.5 Å². The van der Waals surface area contributed by atoms with Crippen LogP contribution in [0.1, 0.15) is 17.2 Å². The quantitative estimate of drug-likeness (QED) is 0.702. The molecule has 0 bridgehead atoms. The van der Waals surface area contributed by atoms with E-state index in [2.05, 4.69) is 25.3 Å². The summed E-state index contributed by atoms with van der Waals surface area (Å²) < 4.78 is 0. The smallest absolute Gasteiger partial charge is 0.129 e. The standard InChI is InChI=1S/C11H16N6/c1-8-16-10(5-12)4-11(17-8)14-3-2-9-6-13-7-15-9/h4,6-7H,2-3,5,12H2,1H3,(H,13,15)(H,14,16,17). The van der Waals surface area contributed by atoms with Gasteiger partial charge in [0.25, 0.3) is 0 Å². The molecule has 6 nitrogen and oxygen atoms in total. The van der Waals surface area contributed by atoms with Gasteiger partial charge in [0.2, 0.25) is 0 Å². The third kappa shape index (κ3) is 3.25. The van der Waals surface area contributed by atoms with Crippen molar-refractivity contribution in [3.8, 4) is 0 Å². The summed E-state index contributed by atoms with van der Waals surface area (Å²) in [6.45, 7) is 3.08. The Labute approximate surface area is 99.7 Å². The number of H-pyrrole nitrogens is 1. The van der Waals surface area contributed by atoms with Gasteiger partial charge in [-0.15, -0.1) is 0 Å². The topological polar surface area (TPSA) is 92.5 Å². The van der Waals surface area contributed by atoms with Crippen LogP contribution in [0.4, 0.5) is 5.82 Å². The third-order valence-corrected chi connectivity index (χ3v) is 2.36. The summed E-state index contributed by atoms with van der Waals surface area (Å²) in [6.07, 6.45) is 4.37. The molecule has 0 saturated heterocycles. The first-order valence-corrected chi connectivity index (χ1v) is 5.53. The molecule has 0 radical (unpaired) electrons. The first kappa shape index (κ1) is 11.5. The van der Waals surface area contributed by atoms with Gasteiger partial charge in [-0.05, 0) is 6.92 Å². The number of aryl methyl sites for hydroxylation is 1. The van der Waals surface area contributed by atoms with E-state index in [1.165, 1.54) is 0 Å². The molecule has 0 aromatic carbocycles. The predicted octanol–water partition coefficient (Wildman–Crippen LogP) is 0.621. The monoisotopic (exact) mass is 232 g/mol. The van der Waals surface area contributed by atoms with E-state index >= 15 is 0 Å². The Kier molecular flexibility index (Phi) is 3.66. The molecule has 2 aromatic rings. The number of aromatic amines is 1. The molecule has 0 spiro atoms. The molecule has 2 aromatic heterocycles. The molecule has 0 atom stereocenters. The molecule has 2 rings (SSSR count). The van der Waals surface area contributed by atoms with Gasteiger partial charge in [0.05, 0.1) is 12.0 Å². The van der Waals surface area contributed by atoms with E-state index in [1.807, 2.05) is 19.2 Å². The molecular weight excluding hydrogens is 216 g/mol. The highest BCUT2D eigenvalue weighted by Gasteiger charge is 2.00. The molecule has 0 fully saturated rings. The van der Waals surface area contributed by atoms with Crippen molar-refractivity contribution in [3.05, 3.63) is 35.8 Å². The van der Waals surface area contributed by atoms with E-state index in [9.17, 15) is 0 Å². The van der Waals surface area contributed by atoms with Crippen molar-refractivity contribution >= 4 is 5.82 Å². The van der Waals surface area contributed by atoms with Crippen LogP contribution in [0.15, 0.2) is 18.6 Å². The Hall–Kier alpha value is -1.95. The zero-order chi connectivity index (χ0) is 12.1. The van der Waals surface area contributed by atoms with E-state index < -0.39 is 0 Å². The fourth-order valence-electron chi connectivity index (χ4n) is 1.57. The molecule has 17 heavy (non-hydrogen) atoms. The van der Waals surface area contributed by atoms with Crippen LogP contribution in [-0.2, 0) is 13.0 Å². The fourth-order valence-corrected chi connectivity index (χ4v) is 1.57. The molecule has 2 heterocycles. The van der Waals surface area contributed by atoms with Gasteiger partial charge in [-0.1, -0.05) is 0 Å². The summed E-state index contributed by atoms with van der Waals surface area (Å²) >= 11 is 0. The number of hydrogen-bond acceptors (Lipinski definition) is 5. The fraction of sp³-hybridized carbons (Fsp3) is 0.364. The van der Waals surface area contributed by atoms with Crippen molar-refractivity contribution in [2.75, 3.05) is 11.9 Å². The van der Waals surface area contributed by atoms with E-state index in [0.717, 1.165) is 36.0 Å². The van der Waals surface area contributed by atoms with Crippen LogP contribution in [0, 0.1) is 6.92 Å². The van der Waals surface area contributed by atoms with Crippen molar-refractivity contribution in [2.45, 2.75) is 19.9 Å². The molecule has 0 amide bonds. The van der Waals surface area contributed by atoms with Crippen LogP contribution >= 0.6 is 0 Å². The van der Waals surface area contributed by atoms with Crippen LogP contribution < -0.4 is 11.1 Å². The highest BCUT2D eigenvalue weighted by atomic mass is 15.0. The number of rotatable bonds is 5. The van der Waals surface area contributed by atoms with Gasteiger partial charge in [-0.25, -0.2) is 15.0 Å². The minimum atomic E-state index is 0.429. The second-order valence-electron chi connectivity index (χ2n) is 3.75. The van der Waals surface area contributed by atoms with E-state index in [0.29, 0.717) is 6.54 Å². The number of nitrogens with one attached hydrogen (secondary N) is 2. The molecule has 0 aliphatic rings. The maximum atomic E-state index is 5.56. The molecule has 0 unspecified atom stereocenters. The van der Waals surface area contributed by atoms with Crippen molar-refractivity contribution < 1.29 is 0 Å². The average Bonchev–Trinajstić information content (AvgIpc) is 2.81. The van der Waals surface area contributed by atoms with Gasteiger partial charge in [-0.2, -0.15) is 0 Å². The maximum absolute atomic E-state index is 5.56. The van der Waals surface area contributed by atoms with Crippen LogP contribution in [-0.4, -0.2) is 26.5 Å². The lowest BCUT2D eigenvalue weighted by molar-refractivity contribution is 0.910. The largest absolute Gasteiger partial charge is 0.370 e. The van der Waals surface area contributed by atoms with Gasteiger partial charge in [0.1, 0.15) is 11.6 Å². The lowest BCUT2D eigenvalue weighted by Gasteiger charge is -2.07. The lowest BCUT2D eigenvalue weighted by atomic mass is 10.3. The first-order valence-electron chi connectivity index (χ1n) is 5.53. The Bertz CT molecular complexity index is 465. The summed E-state index contributed by atoms with van der Waals surface area (Å²) in [7, 11) is 0. The second kappa shape index (κ2) is 5.40. The van der Waals surface area contributed by atoms with Crippen LogP contribution in [0.5, 0.6) is 0 Å². The SMILES string of the molecule is Cc1nc(CN)cc(NCCc2cnc[nH]2)n1. The third-order valence-electron chi connectivity index (χ3n) is 2.36. The van der Waals surface area contributed by atoms with Crippen LogP contribution in [0.25, 0.3) is 0 Å². The Balaban J connectivity index is 1.92. The van der Waals surface area contributed by atoms with E-state index in [1.54, 1.807) is 6.33 Å². The minimum Gasteiger partial charge on any atom is -0.370 e. The highest BCUT2D eigenvalue weighted by Crippen LogP contribution is 2.06. The summed E-state index contributed by atoms with van der Waals surface area (Å²) in [5, 5.41) is 3.24. The molecule has 0 saturated carbocycles. The van der Waals surface area contributed by atoms with Gasteiger partial charge >= 0.3 is 0 Å². The Morgan fingerprint density at radius 1 is 1.41 bits per heavy atom. The van der Waals surface area contributed by atoms with Gasteiger partial charge in [0.15, 0.2) is 0 Å². The normalized spacial score (nSPS) is 10.5. The van der Waals surface area contributed by atoms with Crippen LogP contribution in [0.2, 0.25) is 0 Å². The van der Waals surface area contributed by atoms with Crippen molar-refractivity contribution in [1.82, 2.24) is 19.9 Å². The first-order chi connectivity index (χ1) is 8.28. The van der Waals surface area contributed by atoms with Crippen molar-refractivity contribution in [1.29, 1.82) is 0 Å². The number of aromatic nitrogens is 4. The van der Waals surface area contributed by atoms with Crippen LogP contribution in [0.3, 0.4) is 0 Å². The zero-order valence-corrected chi connectivity index (χ0v) is 9.77. The van der Waals surface area contributed by atoms with Crippen molar-refractivity contribution in [2.24, 2.45) is 5.73 Å². The Morgan fingerprint density at radius 3 is 3.00 bits per heavy atom. The predicted molar refractivity (Wildman–Crippen MR) is 65.4 cm³/mol. The molecule has 0 aliphatic carbocycles. The molecule has 6 heteroatoms. The Morgan fingerprint density at radius 2 is 2.29 bits per heavy atom. The van der Waals surface area contributed by atoms with E-state index in [4.69, 9.17) is 5.73 Å². The zero-order valence-electron chi connectivity index (χ0n) is 9.77. The summed E-state index contributed by atoms with van der Waals surface area (Å²) in [5.41, 5.74) is 7.51. The number of anilines is 1. The van der Waals surface area contributed by atoms with Crippen molar-refractivity contribution in [3.63, 3.8) is 0 Å². The molecule has 4 N–H and O–H groups in total. The second-order valence-corrected chi connectivity index (χ2v) is 3.75. The van der Waals surface area contributed by atoms with E-state index in [-0.39, 0.29) is 0 Å². The average molecular weight is 232 g/mol. The number of hydrogen-bond donors (Lipinski definition) is 3. The molecule has 0 aliphatic heterocycles. The summed E-state index contributed by atoms with van der Waals surface area (Å²) in [6, 6.07) is 1.87. The number of imidazole rings is 1. The number of nitrogens with two attached hydrogens (primary N) is 1. The highest BCUT2D eigenvalue weighted by molar-refractivity contribution is 5.36. The molecule has 90 valence electrons. The van der Waals surface area contributed by atoms with Gasteiger partial charge < -0.3 is 16.0 Å². The summed E-state index contributed by atoms with van der Waals surface area (Å²) in [5.74, 6) is 1.55.